The van der Waals surface area contributed by atoms with Gasteiger partial charge >= 0.3 is 0 Å². The molecule has 1 heterocycles. The number of nitrogens with one attached hydrogen (secondary N) is 1. The zero-order valence-electron chi connectivity index (χ0n) is 12.8. The minimum absolute atomic E-state index is 0.512. The maximum Gasteiger partial charge on any atom is 0.0388 e. The van der Waals surface area contributed by atoms with Gasteiger partial charge in [-0.15, -0.1) is 11.3 Å². The monoisotopic (exact) mass is 289 g/mol. The Morgan fingerprint density at radius 1 is 1.10 bits per heavy atom. The summed E-state index contributed by atoms with van der Waals surface area (Å²) in [5.41, 5.74) is 0.625. The maximum atomic E-state index is 3.95. The van der Waals surface area contributed by atoms with Crippen LogP contribution < -0.4 is 5.32 Å². The molecule has 1 nitrogen and oxygen atoms in total. The van der Waals surface area contributed by atoms with E-state index in [1.807, 2.05) is 11.3 Å². The summed E-state index contributed by atoms with van der Waals surface area (Å²) in [6, 6.07) is 5.63. The molecule has 110 valence electrons. The van der Waals surface area contributed by atoms with Gasteiger partial charge in [0.2, 0.25) is 0 Å². The molecule has 0 amide bonds. The lowest BCUT2D eigenvalue weighted by molar-refractivity contribution is -0.0718. The largest absolute Gasteiger partial charge is 0.306 e. The smallest absolute Gasteiger partial charge is 0.0388 e. The van der Waals surface area contributed by atoms with Gasteiger partial charge in [-0.2, -0.15) is 0 Å². The minimum atomic E-state index is 0.512. The quantitative estimate of drug-likeness (QED) is 0.822. The first-order chi connectivity index (χ1) is 9.64. The molecule has 4 saturated carbocycles. The van der Waals surface area contributed by atoms with Gasteiger partial charge in [0.15, 0.2) is 0 Å². The van der Waals surface area contributed by atoms with Gasteiger partial charge in [-0.25, -0.2) is 0 Å². The van der Waals surface area contributed by atoms with Crippen LogP contribution in [-0.2, 0) is 0 Å². The normalized spacial score (nSPS) is 41.8. The van der Waals surface area contributed by atoms with E-state index in [9.17, 15) is 0 Å². The predicted octanol–water partition coefficient (Wildman–Crippen LogP) is 5.00. The average Bonchev–Trinajstić information content (AvgIpc) is 2.90. The van der Waals surface area contributed by atoms with E-state index in [2.05, 4.69) is 36.7 Å². The molecular formula is C18H27NS. The van der Waals surface area contributed by atoms with Crippen LogP contribution in [-0.4, -0.2) is 6.04 Å². The highest BCUT2D eigenvalue weighted by atomic mass is 32.1. The molecule has 5 rings (SSSR count). The fourth-order valence-corrected chi connectivity index (χ4v) is 6.62. The fraction of sp³-hybridized carbons (Fsp3) is 0.778. The lowest BCUT2D eigenvalue weighted by Gasteiger charge is -2.59. The second kappa shape index (κ2) is 4.84. The third-order valence-corrected chi connectivity index (χ3v) is 7.53. The van der Waals surface area contributed by atoms with E-state index >= 15 is 0 Å². The van der Waals surface area contributed by atoms with Crippen LogP contribution in [0.1, 0.15) is 63.3 Å². The van der Waals surface area contributed by atoms with Gasteiger partial charge < -0.3 is 5.32 Å². The highest BCUT2D eigenvalue weighted by molar-refractivity contribution is 7.10. The van der Waals surface area contributed by atoms with Gasteiger partial charge in [-0.05, 0) is 87.0 Å². The first-order valence-electron chi connectivity index (χ1n) is 8.44. The van der Waals surface area contributed by atoms with Crippen LogP contribution in [0.25, 0.3) is 0 Å². The summed E-state index contributed by atoms with van der Waals surface area (Å²) >= 11 is 1.89. The van der Waals surface area contributed by atoms with Crippen molar-refractivity contribution in [1.29, 1.82) is 0 Å². The molecular weight excluding hydrogens is 262 g/mol. The molecule has 2 heteroatoms. The number of thiophene rings is 1. The van der Waals surface area contributed by atoms with Crippen LogP contribution >= 0.6 is 11.3 Å². The van der Waals surface area contributed by atoms with Crippen molar-refractivity contribution < 1.29 is 0 Å². The lowest BCUT2D eigenvalue weighted by atomic mass is 9.48. The molecule has 1 N–H and O–H groups in total. The standard InChI is InChI=1S/C18H27NS/c1-12(17-4-3-5-20-17)19-13(2)18-9-14-6-15(10-18)8-16(7-14)11-18/h3-5,12-16,19H,6-11H2,1-2H3/t12-,13?,14?,15?,16?,18?/m1/s1. The van der Waals surface area contributed by atoms with Crippen molar-refractivity contribution >= 4 is 11.3 Å². The highest BCUT2D eigenvalue weighted by Gasteiger charge is 2.53. The van der Waals surface area contributed by atoms with Gasteiger partial charge in [0, 0.05) is 17.0 Å². The number of hydrogen-bond acceptors (Lipinski definition) is 2. The minimum Gasteiger partial charge on any atom is -0.306 e. The SMILES string of the molecule is CC(N[C@H](C)c1cccs1)C12CC3CC(CC(C3)C1)C2. The Bertz CT molecular complexity index is 428. The summed E-state index contributed by atoms with van der Waals surface area (Å²) in [6.07, 6.45) is 9.16. The summed E-state index contributed by atoms with van der Waals surface area (Å²) < 4.78 is 0. The van der Waals surface area contributed by atoms with Crippen LogP contribution in [0.4, 0.5) is 0 Å². The second-order valence-corrected chi connectivity index (χ2v) is 8.88. The van der Waals surface area contributed by atoms with E-state index in [-0.39, 0.29) is 0 Å². The molecule has 4 bridgehead atoms. The van der Waals surface area contributed by atoms with Crippen molar-refractivity contribution in [3.8, 4) is 0 Å². The van der Waals surface area contributed by atoms with Crippen molar-refractivity contribution in [3.05, 3.63) is 22.4 Å². The second-order valence-electron chi connectivity index (χ2n) is 7.91. The number of hydrogen-bond donors (Lipinski definition) is 1. The molecule has 20 heavy (non-hydrogen) atoms. The molecule has 0 aromatic carbocycles. The van der Waals surface area contributed by atoms with Crippen LogP contribution in [0.2, 0.25) is 0 Å². The van der Waals surface area contributed by atoms with Crippen molar-refractivity contribution in [2.24, 2.45) is 23.2 Å². The van der Waals surface area contributed by atoms with E-state index in [0.717, 1.165) is 17.8 Å². The zero-order chi connectivity index (χ0) is 13.7. The molecule has 4 aliphatic carbocycles. The molecule has 0 spiro atoms. The van der Waals surface area contributed by atoms with Gasteiger partial charge in [-0.3, -0.25) is 0 Å². The Hall–Kier alpha value is -0.340. The Balaban J connectivity index is 1.49. The summed E-state index contributed by atoms with van der Waals surface area (Å²) in [6.45, 7) is 4.81. The van der Waals surface area contributed by atoms with E-state index in [4.69, 9.17) is 0 Å². The molecule has 4 fully saturated rings. The van der Waals surface area contributed by atoms with Gasteiger partial charge in [0.25, 0.3) is 0 Å². The van der Waals surface area contributed by atoms with E-state index in [1.165, 1.54) is 24.1 Å². The number of rotatable bonds is 4. The van der Waals surface area contributed by atoms with Crippen LogP contribution in [0.3, 0.4) is 0 Å². The molecule has 0 saturated heterocycles. The summed E-state index contributed by atoms with van der Waals surface area (Å²) in [5.74, 6) is 3.17. The zero-order valence-corrected chi connectivity index (χ0v) is 13.6. The third-order valence-electron chi connectivity index (χ3n) is 6.47. The Labute approximate surface area is 127 Å². The maximum absolute atomic E-state index is 3.95. The molecule has 1 aromatic heterocycles. The van der Waals surface area contributed by atoms with Crippen molar-refractivity contribution in [3.63, 3.8) is 0 Å². The average molecular weight is 289 g/mol. The molecule has 2 atom stereocenters. The van der Waals surface area contributed by atoms with Gasteiger partial charge in [0.05, 0.1) is 0 Å². The topological polar surface area (TPSA) is 12.0 Å². The molecule has 1 unspecified atom stereocenters. The summed E-state index contributed by atoms with van der Waals surface area (Å²) in [5, 5.41) is 6.15. The fourth-order valence-electron chi connectivity index (χ4n) is 5.88. The molecule has 4 aliphatic rings. The van der Waals surface area contributed by atoms with E-state index in [0.29, 0.717) is 17.5 Å². The molecule has 0 radical (unpaired) electrons. The van der Waals surface area contributed by atoms with Crippen LogP contribution in [0.5, 0.6) is 0 Å². The lowest BCUT2D eigenvalue weighted by Crippen LogP contribution is -2.55. The summed E-state index contributed by atoms with van der Waals surface area (Å²) in [7, 11) is 0. The van der Waals surface area contributed by atoms with Crippen LogP contribution in [0.15, 0.2) is 17.5 Å². The van der Waals surface area contributed by atoms with Crippen molar-refractivity contribution in [2.45, 2.75) is 64.5 Å². The van der Waals surface area contributed by atoms with Gasteiger partial charge in [-0.1, -0.05) is 6.07 Å². The molecule has 0 aliphatic heterocycles. The van der Waals surface area contributed by atoms with Gasteiger partial charge in [0.1, 0.15) is 0 Å². The first-order valence-corrected chi connectivity index (χ1v) is 9.32. The summed E-state index contributed by atoms with van der Waals surface area (Å²) in [4.78, 5) is 1.49. The third kappa shape index (κ3) is 2.16. The first kappa shape index (κ1) is 13.3. The Morgan fingerprint density at radius 2 is 1.70 bits per heavy atom. The van der Waals surface area contributed by atoms with Crippen molar-refractivity contribution in [2.75, 3.05) is 0 Å². The Kier molecular flexibility index (Phi) is 3.23. The predicted molar refractivity (Wildman–Crippen MR) is 85.9 cm³/mol. The van der Waals surface area contributed by atoms with Crippen molar-refractivity contribution in [1.82, 2.24) is 5.32 Å². The molecule has 1 aromatic rings. The highest BCUT2D eigenvalue weighted by Crippen LogP contribution is 2.61. The van der Waals surface area contributed by atoms with E-state index in [1.54, 1.807) is 19.3 Å². The Morgan fingerprint density at radius 3 is 2.20 bits per heavy atom. The van der Waals surface area contributed by atoms with Crippen LogP contribution in [0, 0.1) is 23.2 Å². The van der Waals surface area contributed by atoms with E-state index < -0.39 is 0 Å².